The topological polar surface area (TPSA) is 52.6 Å². The van der Waals surface area contributed by atoms with Crippen LogP contribution in [0.3, 0.4) is 0 Å². The summed E-state index contributed by atoms with van der Waals surface area (Å²) in [7, 11) is 0. The van der Waals surface area contributed by atoms with Crippen molar-refractivity contribution in [3.05, 3.63) is 83.9 Å². The van der Waals surface area contributed by atoms with E-state index in [2.05, 4.69) is 52.7 Å². The Bertz CT molecular complexity index is 1140. The molecule has 3 aromatic rings. The number of hydrogen-bond acceptors (Lipinski definition) is 3. The Balaban J connectivity index is 1.10. The summed E-state index contributed by atoms with van der Waals surface area (Å²) in [5.41, 5.74) is 0.660. The van der Waals surface area contributed by atoms with E-state index in [1.807, 2.05) is 30.3 Å². The van der Waals surface area contributed by atoms with Crippen LogP contribution in [0.4, 0.5) is 0 Å². The predicted octanol–water partition coefficient (Wildman–Crippen LogP) is 4.46. The number of carbonyl (C=O) groups is 1. The summed E-state index contributed by atoms with van der Waals surface area (Å²) in [6.07, 6.45) is 4.00. The second kappa shape index (κ2) is 8.27. The highest BCUT2D eigenvalue weighted by Crippen LogP contribution is 2.47. The highest BCUT2D eigenvalue weighted by Gasteiger charge is 2.58. The SMILES string of the molecule is O=C(NC1C2CN(Cc3ccc4ccccc4c3)C[C@H]21)C(O)(c1ccccc1)C1CCCC1. The molecule has 3 aromatic carbocycles. The van der Waals surface area contributed by atoms with Gasteiger partial charge in [-0.25, -0.2) is 0 Å². The van der Waals surface area contributed by atoms with Crippen LogP contribution in [0.15, 0.2) is 72.8 Å². The fraction of sp³-hybridized carbons (Fsp3) is 0.414. The molecule has 1 amide bonds. The van der Waals surface area contributed by atoms with E-state index in [0.717, 1.165) is 50.9 Å². The molecule has 0 bridgehead atoms. The lowest BCUT2D eigenvalue weighted by atomic mass is 9.79. The Hall–Kier alpha value is -2.69. The molecular weight excluding hydrogens is 408 g/mol. The smallest absolute Gasteiger partial charge is 0.257 e. The van der Waals surface area contributed by atoms with Crippen molar-refractivity contribution in [2.75, 3.05) is 13.1 Å². The molecular formula is C29H32N2O2. The standard InChI is InChI=1S/C29H32N2O2/c32-28(29(33,24-12-6-7-13-24)23-10-2-1-3-11-23)30-27-25-18-31(19-26(25)27)17-20-14-15-21-8-4-5-9-22(21)16-20/h1-5,8-11,14-16,24-27,33H,6-7,12-13,17-19H2,(H,30,32)/t25-,26?,27?,29?/m1/s1. The van der Waals surface area contributed by atoms with Gasteiger partial charge in [0.25, 0.3) is 5.91 Å². The minimum atomic E-state index is -1.42. The first-order valence-electron chi connectivity index (χ1n) is 12.4. The zero-order valence-electron chi connectivity index (χ0n) is 19.0. The molecule has 6 rings (SSSR count). The maximum atomic E-state index is 13.5. The number of carbonyl (C=O) groups excluding carboxylic acids is 1. The zero-order valence-corrected chi connectivity index (χ0v) is 19.0. The second-order valence-corrected chi connectivity index (χ2v) is 10.3. The van der Waals surface area contributed by atoms with Crippen LogP contribution in [0.1, 0.15) is 36.8 Å². The van der Waals surface area contributed by atoms with Crippen molar-refractivity contribution in [1.29, 1.82) is 0 Å². The van der Waals surface area contributed by atoms with E-state index >= 15 is 0 Å². The molecule has 2 saturated carbocycles. The van der Waals surface area contributed by atoms with Gasteiger partial charge in [0.1, 0.15) is 0 Å². The molecule has 4 nitrogen and oxygen atoms in total. The summed E-state index contributed by atoms with van der Waals surface area (Å²) in [6.45, 7) is 2.97. The minimum Gasteiger partial charge on any atom is -0.375 e. The number of likely N-dealkylation sites (tertiary alicyclic amines) is 1. The number of fused-ring (bicyclic) bond motifs is 2. The Morgan fingerprint density at radius 3 is 2.30 bits per heavy atom. The van der Waals surface area contributed by atoms with Crippen LogP contribution in [0, 0.1) is 17.8 Å². The molecule has 170 valence electrons. The van der Waals surface area contributed by atoms with Gasteiger partial charge in [-0.15, -0.1) is 0 Å². The molecule has 3 unspecified atom stereocenters. The number of benzene rings is 3. The molecule has 2 N–H and O–H groups in total. The maximum Gasteiger partial charge on any atom is 0.257 e. The monoisotopic (exact) mass is 440 g/mol. The van der Waals surface area contributed by atoms with E-state index in [1.54, 1.807) is 0 Å². The summed E-state index contributed by atoms with van der Waals surface area (Å²) in [5.74, 6) is 0.806. The summed E-state index contributed by atoms with van der Waals surface area (Å²) >= 11 is 0. The third-order valence-corrected chi connectivity index (χ3v) is 8.29. The lowest BCUT2D eigenvalue weighted by Crippen LogP contribution is -2.50. The molecule has 1 heterocycles. The average Bonchev–Trinajstić information content (AvgIpc) is 3.26. The van der Waals surface area contributed by atoms with Gasteiger partial charge >= 0.3 is 0 Å². The van der Waals surface area contributed by atoms with Crippen LogP contribution in [0.2, 0.25) is 0 Å². The summed E-state index contributed by atoms with van der Waals surface area (Å²) in [4.78, 5) is 16.0. The summed E-state index contributed by atoms with van der Waals surface area (Å²) in [6, 6.07) is 25.0. The van der Waals surface area contributed by atoms with Crippen LogP contribution in [0.5, 0.6) is 0 Å². The third-order valence-electron chi connectivity index (χ3n) is 8.29. The highest BCUT2D eigenvalue weighted by molar-refractivity contribution is 5.87. The van der Waals surface area contributed by atoms with Gasteiger partial charge in [-0.1, -0.05) is 79.6 Å². The maximum absolute atomic E-state index is 13.5. The second-order valence-electron chi connectivity index (χ2n) is 10.3. The van der Waals surface area contributed by atoms with Crippen molar-refractivity contribution in [2.45, 2.75) is 43.9 Å². The van der Waals surface area contributed by atoms with Crippen LogP contribution in [-0.2, 0) is 16.9 Å². The summed E-state index contributed by atoms with van der Waals surface area (Å²) in [5, 5.41) is 17.5. The molecule has 1 aliphatic heterocycles. The average molecular weight is 441 g/mol. The summed E-state index contributed by atoms with van der Waals surface area (Å²) < 4.78 is 0. The zero-order chi connectivity index (χ0) is 22.4. The predicted molar refractivity (Wildman–Crippen MR) is 130 cm³/mol. The van der Waals surface area contributed by atoms with Gasteiger partial charge in [-0.3, -0.25) is 9.69 Å². The van der Waals surface area contributed by atoms with Crippen molar-refractivity contribution < 1.29 is 9.90 Å². The molecule has 0 spiro atoms. The third kappa shape index (κ3) is 3.75. The highest BCUT2D eigenvalue weighted by atomic mass is 16.3. The van der Waals surface area contributed by atoms with E-state index in [0.29, 0.717) is 11.8 Å². The lowest BCUT2D eigenvalue weighted by molar-refractivity contribution is -0.147. The Labute approximate surface area is 195 Å². The molecule has 4 atom stereocenters. The molecule has 4 heteroatoms. The normalized spacial score (nSPS) is 26.8. The van der Waals surface area contributed by atoms with E-state index in [4.69, 9.17) is 0 Å². The van der Waals surface area contributed by atoms with E-state index < -0.39 is 5.60 Å². The lowest BCUT2D eigenvalue weighted by Gasteiger charge is -2.33. The van der Waals surface area contributed by atoms with Gasteiger partial charge in [0, 0.05) is 31.6 Å². The molecule has 3 aliphatic rings. The molecule has 1 saturated heterocycles. The van der Waals surface area contributed by atoms with Crippen LogP contribution >= 0.6 is 0 Å². The molecule has 33 heavy (non-hydrogen) atoms. The number of aliphatic hydroxyl groups is 1. The molecule has 3 fully saturated rings. The number of nitrogens with one attached hydrogen (secondary N) is 1. The minimum absolute atomic E-state index is 0.00268. The number of rotatable bonds is 6. The van der Waals surface area contributed by atoms with Gasteiger partial charge in [-0.2, -0.15) is 0 Å². The van der Waals surface area contributed by atoms with Crippen molar-refractivity contribution in [1.82, 2.24) is 10.2 Å². The fourth-order valence-corrected chi connectivity index (χ4v) is 6.40. The van der Waals surface area contributed by atoms with Crippen molar-refractivity contribution in [3.8, 4) is 0 Å². The number of nitrogens with zero attached hydrogens (tertiary/aromatic N) is 1. The van der Waals surface area contributed by atoms with Gasteiger partial charge < -0.3 is 10.4 Å². The van der Waals surface area contributed by atoms with Crippen LogP contribution in [-0.4, -0.2) is 35.0 Å². The van der Waals surface area contributed by atoms with Gasteiger partial charge in [0.05, 0.1) is 0 Å². The number of amides is 1. The Morgan fingerprint density at radius 1 is 0.909 bits per heavy atom. The van der Waals surface area contributed by atoms with Gasteiger partial charge in [0.2, 0.25) is 0 Å². The van der Waals surface area contributed by atoms with Crippen molar-refractivity contribution in [3.63, 3.8) is 0 Å². The quantitative estimate of drug-likeness (QED) is 0.595. The van der Waals surface area contributed by atoms with Gasteiger partial charge in [-0.05, 0) is 52.6 Å². The van der Waals surface area contributed by atoms with Crippen LogP contribution < -0.4 is 5.32 Å². The molecule has 0 radical (unpaired) electrons. The fourth-order valence-electron chi connectivity index (χ4n) is 6.40. The first kappa shape index (κ1) is 20.9. The number of piperidine rings is 1. The largest absolute Gasteiger partial charge is 0.375 e. The molecule has 2 aliphatic carbocycles. The van der Waals surface area contributed by atoms with Crippen molar-refractivity contribution in [2.24, 2.45) is 17.8 Å². The first-order valence-corrected chi connectivity index (χ1v) is 12.4. The van der Waals surface area contributed by atoms with Gasteiger partial charge in [0.15, 0.2) is 5.60 Å². The Kier molecular flexibility index (Phi) is 5.23. The van der Waals surface area contributed by atoms with E-state index in [1.165, 1.54) is 16.3 Å². The molecule has 0 aromatic heterocycles. The van der Waals surface area contributed by atoms with E-state index in [9.17, 15) is 9.90 Å². The Morgan fingerprint density at radius 2 is 1.58 bits per heavy atom. The first-order chi connectivity index (χ1) is 16.1. The number of hydrogen-bond donors (Lipinski definition) is 2. The van der Waals surface area contributed by atoms with Crippen molar-refractivity contribution >= 4 is 16.7 Å². The van der Waals surface area contributed by atoms with Crippen LogP contribution in [0.25, 0.3) is 10.8 Å². The van der Waals surface area contributed by atoms with E-state index in [-0.39, 0.29) is 17.9 Å².